The van der Waals surface area contributed by atoms with Crippen molar-refractivity contribution in [3.63, 3.8) is 0 Å². The molecule has 2 atom stereocenters. The topological polar surface area (TPSA) is 37.4 Å². The molecule has 0 radical (unpaired) electrons. The molecule has 2 aromatic heterocycles. The summed E-state index contributed by atoms with van der Waals surface area (Å²) in [4.78, 5) is 8.09. The molecule has 1 N–H and O–H groups in total. The highest BCUT2D eigenvalue weighted by Crippen LogP contribution is 2.44. The summed E-state index contributed by atoms with van der Waals surface area (Å²) in [6.07, 6.45) is 1.98. The van der Waals surface area contributed by atoms with Crippen LogP contribution in [0.3, 0.4) is 0 Å². The standard InChI is InChI=1S/C22H23N3OS2/c1-14(2)26-17-9-7-16(8-10-17)25-20(21-15(3)11-13-28-21)19(24-22(25)27)18-6-4-5-12-23-18/h4-14,19-20H,1-3H3,(H,24,27)/t19-,20+/m0/s1. The number of pyridine rings is 1. The molecule has 4 nitrogen and oxygen atoms in total. The minimum atomic E-state index is -0.00218. The van der Waals surface area contributed by atoms with Crippen LogP contribution < -0.4 is 15.0 Å². The number of ether oxygens (including phenoxy) is 1. The maximum Gasteiger partial charge on any atom is 0.174 e. The molecule has 1 fully saturated rings. The molecule has 3 heterocycles. The number of hydrogen-bond donors (Lipinski definition) is 1. The second-order valence-corrected chi connectivity index (χ2v) is 8.46. The molecular weight excluding hydrogens is 386 g/mol. The van der Waals surface area contributed by atoms with Crippen LogP contribution in [0.4, 0.5) is 5.69 Å². The fraction of sp³-hybridized carbons (Fsp3) is 0.273. The Morgan fingerprint density at radius 2 is 1.93 bits per heavy atom. The highest BCUT2D eigenvalue weighted by atomic mass is 32.1. The van der Waals surface area contributed by atoms with Gasteiger partial charge in [0.05, 0.1) is 23.9 Å². The number of thiophene rings is 1. The van der Waals surface area contributed by atoms with Crippen molar-refractivity contribution in [2.24, 2.45) is 0 Å². The van der Waals surface area contributed by atoms with Crippen LogP contribution in [0.2, 0.25) is 0 Å². The fourth-order valence-corrected chi connectivity index (χ4v) is 4.94. The predicted octanol–water partition coefficient (Wildman–Crippen LogP) is 5.42. The van der Waals surface area contributed by atoms with Crippen molar-refractivity contribution >= 4 is 34.4 Å². The van der Waals surface area contributed by atoms with Crippen molar-refractivity contribution in [1.82, 2.24) is 10.3 Å². The summed E-state index contributed by atoms with van der Waals surface area (Å²) in [6, 6.07) is 16.4. The number of nitrogens with zero attached hydrogens (tertiary/aromatic N) is 2. The van der Waals surface area contributed by atoms with Gasteiger partial charge in [0.1, 0.15) is 5.75 Å². The number of benzene rings is 1. The molecule has 28 heavy (non-hydrogen) atoms. The molecule has 6 heteroatoms. The van der Waals surface area contributed by atoms with Crippen LogP contribution >= 0.6 is 23.6 Å². The van der Waals surface area contributed by atoms with Crippen LogP contribution in [0.15, 0.2) is 60.1 Å². The minimum absolute atomic E-state index is 0.00218. The number of thiocarbonyl (C=S) groups is 1. The van der Waals surface area contributed by atoms with Crippen molar-refractivity contribution in [2.45, 2.75) is 39.0 Å². The Morgan fingerprint density at radius 1 is 1.14 bits per heavy atom. The average Bonchev–Trinajstić information content (AvgIpc) is 3.25. The summed E-state index contributed by atoms with van der Waals surface area (Å²) in [7, 11) is 0. The van der Waals surface area contributed by atoms with Crippen molar-refractivity contribution in [1.29, 1.82) is 0 Å². The van der Waals surface area contributed by atoms with Gasteiger partial charge in [0, 0.05) is 16.8 Å². The van der Waals surface area contributed by atoms with Crippen molar-refractivity contribution in [2.75, 3.05) is 4.90 Å². The second-order valence-electron chi connectivity index (χ2n) is 7.12. The Morgan fingerprint density at radius 3 is 2.54 bits per heavy atom. The average molecular weight is 410 g/mol. The van der Waals surface area contributed by atoms with Gasteiger partial charge >= 0.3 is 0 Å². The number of nitrogens with one attached hydrogen (secondary N) is 1. The molecule has 144 valence electrons. The molecule has 0 spiro atoms. The molecular formula is C22H23N3OS2. The van der Waals surface area contributed by atoms with E-state index in [-0.39, 0.29) is 18.2 Å². The third kappa shape index (κ3) is 3.62. The van der Waals surface area contributed by atoms with Gasteiger partial charge < -0.3 is 15.0 Å². The summed E-state index contributed by atoms with van der Waals surface area (Å²) in [5, 5.41) is 6.35. The molecule has 4 rings (SSSR count). The zero-order chi connectivity index (χ0) is 19.7. The molecule has 1 aliphatic rings. The summed E-state index contributed by atoms with van der Waals surface area (Å²) >= 11 is 7.52. The van der Waals surface area contributed by atoms with Crippen LogP contribution in [0, 0.1) is 6.92 Å². The maximum atomic E-state index is 5.79. The molecule has 3 aromatic rings. The summed E-state index contributed by atoms with van der Waals surface area (Å²) in [6.45, 7) is 6.21. The van der Waals surface area contributed by atoms with Gasteiger partial charge in [-0.3, -0.25) is 4.98 Å². The van der Waals surface area contributed by atoms with E-state index >= 15 is 0 Å². The third-order valence-electron chi connectivity index (χ3n) is 4.76. The monoisotopic (exact) mass is 409 g/mol. The van der Waals surface area contributed by atoms with Gasteiger partial charge in [-0.05, 0) is 86.4 Å². The van der Waals surface area contributed by atoms with Crippen molar-refractivity contribution in [3.8, 4) is 5.75 Å². The van der Waals surface area contributed by atoms with E-state index in [0.29, 0.717) is 5.11 Å². The normalized spacial score (nSPS) is 19.1. The first kappa shape index (κ1) is 18.9. The van der Waals surface area contributed by atoms with Gasteiger partial charge in [-0.15, -0.1) is 11.3 Å². The van der Waals surface area contributed by atoms with Crippen LogP contribution in [0.1, 0.15) is 42.1 Å². The minimum Gasteiger partial charge on any atom is -0.491 e. The van der Waals surface area contributed by atoms with Crippen LogP contribution in [-0.2, 0) is 0 Å². The Balaban J connectivity index is 1.74. The van der Waals surface area contributed by atoms with Gasteiger partial charge in [0.15, 0.2) is 5.11 Å². The van der Waals surface area contributed by atoms with Gasteiger partial charge in [-0.1, -0.05) is 6.07 Å². The summed E-state index contributed by atoms with van der Waals surface area (Å²) in [5.74, 6) is 0.863. The third-order valence-corrected chi connectivity index (χ3v) is 6.16. The molecule has 0 amide bonds. The largest absolute Gasteiger partial charge is 0.491 e. The van der Waals surface area contributed by atoms with Gasteiger partial charge in [-0.25, -0.2) is 0 Å². The highest BCUT2D eigenvalue weighted by molar-refractivity contribution is 7.80. The maximum absolute atomic E-state index is 5.79. The fourth-order valence-electron chi connectivity index (χ4n) is 3.54. The lowest BCUT2D eigenvalue weighted by Gasteiger charge is -2.27. The van der Waals surface area contributed by atoms with E-state index in [4.69, 9.17) is 17.0 Å². The van der Waals surface area contributed by atoms with Crippen molar-refractivity contribution in [3.05, 3.63) is 76.2 Å². The lowest BCUT2D eigenvalue weighted by Crippen LogP contribution is -2.29. The number of aryl methyl sites for hydroxylation is 1. The molecule has 0 unspecified atom stereocenters. The Labute approximate surface area is 175 Å². The van der Waals surface area contributed by atoms with E-state index in [1.807, 2.05) is 44.3 Å². The molecule has 1 saturated heterocycles. The van der Waals surface area contributed by atoms with Gasteiger partial charge in [0.25, 0.3) is 0 Å². The Bertz CT molecular complexity index is 953. The van der Waals surface area contributed by atoms with Crippen LogP contribution in [0.25, 0.3) is 0 Å². The highest BCUT2D eigenvalue weighted by Gasteiger charge is 2.41. The lowest BCUT2D eigenvalue weighted by atomic mass is 10.0. The number of rotatable bonds is 5. The van der Waals surface area contributed by atoms with E-state index in [9.17, 15) is 0 Å². The Kier molecular flexibility index (Phi) is 5.33. The SMILES string of the molecule is Cc1ccsc1[C@H]1[C@H](c2ccccn2)NC(=S)N1c1ccc(OC(C)C)cc1. The quantitative estimate of drug-likeness (QED) is 0.570. The molecule has 0 aliphatic carbocycles. The summed E-state index contributed by atoms with van der Waals surface area (Å²) in [5.41, 5.74) is 3.31. The second kappa shape index (κ2) is 7.89. The first-order valence-corrected chi connectivity index (χ1v) is 10.6. The number of hydrogen-bond acceptors (Lipinski definition) is 4. The first-order valence-electron chi connectivity index (χ1n) is 9.36. The molecule has 0 saturated carbocycles. The van der Waals surface area contributed by atoms with E-state index < -0.39 is 0 Å². The van der Waals surface area contributed by atoms with Gasteiger partial charge in [0.2, 0.25) is 0 Å². The zero-order valence-corrected chi connectivity index (χ0v) is 17.8. The molecule has 1 aliphatic heterocycles. The van der Waals surface area contributed by atoms with Crippen LogP contribution in [-0.4, -0.2) is 16.2 Å². The Hall–Kier alpha value is -2.44. The lowest BCUT2D eigenvalue weighted by molar-refractivity contribution is 0.242. The van der Waals surface area contributed by atoms with E-state index in [1.54, 1.807) is 11.3 Å². The predicted molar refractivity (Wildman–Crippen MR) is 119 cm³/mol. The van der Waals surface area contributed by atoms with E-state index in [0.717, 1.165) is 17.1 Å². The van der Waals surface area contributed by atoms with Gasteiger partial charge in [-0.2, -0.15) is 0 Å². The number of anilines is 1. The number of aromatic nitrogens is 1. The first-order chi connectivity index (χ1) is 13.5. The smallest absolute Gasteiger partial charge is 0.174 e. The molecule has 0 bridgehead atoms. The molecule has 1 aromatic carbocycles. The summed E-state index contributed by atoms with van der Waals surface area (Å²) < 4.78 is 5.79. The van der Waals surface area contributed by atoms with E-state index in [1.165, 1.54) is 10.4 Å². The van der Waals surface area contributed by atoms with Crippen molar-refractivity contribution < 1.29 is 4.74 Å². The zero-order valence-electron chi connectivity index (χ0n) is 16.1. The van der Waals surface area contributed by atoms with E-state index in [2.05, 4.69) is 51.8 Å². The van der Waals surface area contributed by atoms with Crippen LogP contribution in [0.5, 0.6) is 5.75 Å².